The largest absolute Gasteiger partial charge is 0.416 e. The molecular formula is C23H17F3N4O. The zero-order valence-corrected chi connectivity index (χ0v) is 16.7. The van der Waals surface area contributed by atoms with Gasteiger partial charge in [0.15, 0.2) is 5.82 Å². The van der Waals surface area contributed by atoms with Gasteiger partial charge in [0.25, 0.3) is 5.91 Å². The number of alkyl halides is 3. The molecule has 5 nitrogen and oxygen atoms in total. The van der Waals surface area contributed by atoms with Crippen molar-refractivity contribution in [3.8, 4) is 11.4 Å². The zero-order valence-electron chi connectivity index (χ0n) is 16.7. The van der Waals surface area contributed by atoms with E-state index in [4.69, 9.17) is 0 Å². The van der Waals surface area contributed by atoms with Gasteiger partial charge in [0.05, 0.1) is 11.1 Å². The van der Waals surface area contributed by atoms with E-state index in [0.717, 1.165) is 23.4 Å². The molecule has 0 aliphatic rings. The average Bonchev–Trinajstić information content (AvgIpc) is 2.77. The SMILES string of the molecule is Cc1cc(-c2ncc3cc(C(F)(F)F)ccc3n2)ccc1N(C)C(=O)c1ccncc1. The monoisotopic (exact) mass is 422 g/mol. The molecule has 0 fully saturated rings. The fraction of sp³-hybridized carbons (Fsp3) is 0.130. The highest BCUT2D eigenvalue weighted by Crippen LogP contribution is 2.32. The predicted molar refractivity (Wildman–Crippen MR) is 112 cm³/mol. The Morgan fingerprint density at radius 3 is 2.42 bits per heavy atom. The topological polar surface area (TPSA) is 59.0 Å². The van der Waals surface area contributed by atoms with E-state index in [1.165, 1.54) is 12.3 Å². The van der Waals surface area contributed by atoms with Gasteiger partial charge in [-0.1, -0.05) is 0 Å². The number of carbonyl (C=O) groups is 1. The molecule has 0 spiro atoms. The molecule has 0 saturated carbocycles. The number of halogens is 3. The molecule has 1 amide bonds. The van der Waals surface area contributed by atoms with Crippen molar-refractivity contribution in [2.24, 2.45) is 0 Å². The summed E-state index contributed by atoms with van der Waals surface area (Å²) in [6.07, 6.45) is 0.0896. The van der Waals surface area contributed by atoms with Crippen molar-refractivity contribution in [1.29, 1.82) is 0 Å². The zero-order chi connectivity index (χ0) is 22.2. The lowest BCUT2D eigenvalue weighted by Gasteiger charge is -2.20. The Bertz CT molecular complexity index is 1270. The molecule has 0 unspecified atom stereocenters. The van der Waals surface area contributed by atoms with Crippen molar-refractivity contribution < 1.29 is 18.0 Å². The molecule has 0 atom stereocenters. The minimum absolute atomic E-state index is 0.166. The van der Waals surface area contributed by atoms with E-state index in [-0.39, 0.29) is 5.91 Å². The molecule has 4 rings (SSSR count). The number of aromatic nitrogens is 3. The molecule has 4 aromatic rings. The number of carbonyl (C=O) groups excluding carboxylic acids is 1. The van der Waals surface area contributed by atoms with Crippen molar-refractivity contribution in [2.45, 2.75) is 13.1 Å². The van der Waals surface area contributed by atoms with Crippen molar-refractivity contribution >= 4 is 22.5 Å². The second-order valence-electron chi connectivity index (χ2n) is 7.07. The minimum atomic E-state index is -4.42. The first-order valence-electron chi connectivity index (χ1n) is 9.37. The number of hydrogen-bond donors (Lipinski definition) is 0. The van der Waals surface area contributed by atoms with Gasteiger partial charge in [-0.2, -0.15) is 13.2 Å². The number of benzene rings is 2. The number of nitrogens with zero attached hydrogens (tertiary/aromatic N) is 4. The smallest absolute Gasteiger partial charge is 0.311 e. The van der Waals surface area contributed by atoms with Gasteiger partial charge in [0, 0.05) is 47.8 Å². The molecule has 0 N–H and O–H groups in total. The molecule has 8 heteroatoms. The van der Waals surface area contributed by atoms with Gasteiger partial charge in [-0.15, -0.1) is 0 Å². The lowest BCUT2D eigenvalue weighted by Crippen LogP contribution is -2.26. The van der Waals surface area contributed by atoms with E-state index < -0.39 is 11.7 Å². The van der Waals surface area contributed by atoms with Crippen molar-refractivity contribution in [3.63, 3.8) is 0 Å². The van der Waals surface area contributed by atoms with E-state index in [2.05, 4.69) is 15.0 Å². The molecule has 0 radical (unpaired) electrons. The highest BCUT2D eigenvalue weighted by Gasteiger charge is 2.30. The van der Waals surface area contributed by atoms with Crippen LogP contribution in [0.25, 0.3) is 22.3 Å². The molecular weight excluding hydrogens is 405 g/mol. The Labute approximate surface area is 176 Å². The lowest BCUT2D eigenvalue weighted by atomic mass is 10.1. The highest BCUT2D eigenvalue weighted by atomic mass is 19.4. The fourth-order valence-electron chi connectivity index (χ4n) is 3.32. The number of rotatable bonds is 3. The van der Waals surface area contributed by atoms with Gasteiger partial charge >= 0.3 is 6.18 Å². The number of anilines is 1. The molecule has 156 valence electrons. The summed E-state index contributed by atoms with van der Waals surface area (Å²) < 4.78 is 38.7. The van der Waals surface area contributed by atoms with Crippen LogP contribution in [0.3, 0.4) is 0 Å². The number of hydrogen-bond acceptors (Lipinski definition) is 4. The molecule has 2 heterocycles. The standard InChI is InChI=1S/C23H17F3N4O/c1-14-11-16(3-6-20(14)30(2)22(31)15-7-9-27-10-8-15)21-28-13-17-12-18(23(24,25)26)4-5-19(17)29-21/h3-13H,1-2H3. The Kier molecular flexibility index (Phi) is 5.14. The van der Waals surface area contributed by atoms with Crippen LogP contribution < -0.4 is 4.90 Å². The molecule has 0 saturated heterocycles. The van der Waals surface area contributed by atoms with Crippen LogP contribution in [0.2, 0.25) is 0 Å². The predicted octanol–water partition coefficient (Wildman–Crippen LogP) is 5.30. The fourth-order valence-corrected chi connectivity index (χ4v) is 3.32. The first kappa shape index (κ1) is 20.5. The van der Waals surface area contributed by atoms with Crippen LogP contribution in [0.15, 0.2) is 67.1 Å². The van der Waals surface area contributed by atoms with Crippen LogP contribution in [0.4, 0.5) is 18.9 Å². The summed E-state index contributed by atoms with van der Waals surface area (Å²) in [4.78, 5) is 26.8. The number of fused-ring (bicyclic) bond motifs is 1. The summed E-state index contributed by atoms with van der Waals surface area (Å²) in [6, 6.07) is 12.1. The van der Waals surface area contributed by atoms with Crippen LogP contribution in [-0.4, -0.2) is 27.9 Å². The Morgan fingerprint density at radius 1 is 1.00 bits per heavy atom. The van der Waals surface area contributed by atoms with E-state index >= 15 is 0 Å². The molecule has 2 aromatic heterocycles. The van der Waals surface area contributed by atoms with Crippen LogP contribution in [0.5, 0.6) is 0 Å². The summed E-state index contributed by atoms with van der Waals surface area (Å²) in [7, 11) is 1.69. The van der Waals surface area contributed by atoms with Crippen LogP contribution in [0.1, 0.15) is 21.5 Å². The van der Waals surface area contributed by atoms with Gasteiger partial charge in [-0.3, -0.25) is 9.78 Å². The van der Waals surface area contributed by atoms with Crippen molar-refractivity contribution in [3.05, 3.63) is 83.8 Å². The Morgan fingerprint density at radius 2 is 1.74 bits per heavy atom. The van der Waals surface area contributed by atoms with Gasteiger partial charge in [-0.05, 0) is 61.0 Å². The van der Waals surface area contributed by atoms with E-state index in [9.17, 15) is 18.0 Å². The normalized spacial score (nSPS) is 11.5. The number of aryl methyl sites for hydroxylation is 1. The van der Waals surface area contributed by atoms with Gasteiger partial charge < -0.3 is 4.90 Å². The third kappa shape index (κ3) is 4.09. The average molecular weight is 422 g/mol. The number of pyridine rings is 1. The van der Waals surface area contributed by atoms with Crippen LogP contribution in [0, 0.1) is 6.92 Å². The first-order chi connectivity index (χ1) is 14.7. The third-order valence-corrected chi connectivity index (χ3v) is 4.96. The van der Waals surface area contributed by atoms with Crippen molar-refractivity contribution in [2.75, 3.05) is 11.9 Å². The van der Waals surface area contributed by atoms with Gasteiger partial charge in [0.2, 0.25) is 0 Å². The minimum Gasteiger partial charge on any atom is -0.311 e. The third-order valence-electron chi connectivity index (χ3n) is 4.96. The molecule has 0 aliphatic heterocycles. The van der Waals surface area contributed by atoms with Gasteiger partial charge in [-0.25, -0.2) is 9.97 Å². The van der Waals surface area contributed by atoms with Crippen LogP contribution in [-0.2, 0) is 6.18 Å². The van der Waals surface area contributed by atoms with Crippen molar-refractivity contribution in [1.82, 2.24) is 15.0 Å². The quantitative estimate of drug-likeness (QED) is 0.450. The highest BCUT2D eigenvalue weighted by molar-refractivity contribution is 6.06. The lowest BCUT2D eigenvalue weighted by molar-refractivity contribution is -0.137. The van der Waals surface area contributed by atoms with E-state index in [1.807, 2.05) is 13.0 Å². The van der Waals surface area contributed by atoms with E-state index in [0.29, 0.717) is 27.9 Å². The maximum Gasteiger partial charge on any atom is 0.416 e. The molecule has 0 aliphatic carbocycles. The second kappa shape index (κ2) is 7.79. The first-order valence-corrected chi connectivity index (χ1v) is 9.37. The summed E-state index contributed by atoms with van der Waals surface area (Å²) in [6.45, 7) is 1.87. The second-order valence-corrected chi connectivity index (χ2v) is 7.07. The van der Waals surface area contributed by atoms with E-state index in [1.54, 1.807) is 48.6 Å². The Balaban J connectivity index is 1.64. The summed E-state index contributed by atoms with van der Waals surface area (Å²) >= 11 is 0. The summed E-state index contributed by atoms with van der Waals surface area (Å²) in [5, 5.41) is 0.314. The van der Waals surface area contributed by atoms with Gasteiger partial charge in [0.1, 0.15) is 0 Å². The van der Waals surface area contributed by atoms with Crippen LogP contribution >= 0.6 is 0 Å². The number of amides is 1. The molecule has 0 bridgehead atoms. The summed E-state index contributed by atoms with van der Waals surface area (Å²) in [5.74, 6) is 0.227. The molecule has 2 aromatic carbocycles. The molecule has 31 heavy (non-hydrogen) atoms. The Hall–Kier alpha value is -3.81. The summed E-state index contributed by atoms with van der Waals surface area (Å²) in [5.41, 5.74) is 2.47. The maximum absolute atomic E-state index is 12.9. The maximum atomic E-state index is 12.9.